The van der Waals surface area contributed by atoms with Crippen molar-refractivity contribution in [1.82, 2.24) is 10.2 Å². The Morgan fingerprint density at radius 2 is 2.12 bits per heavy atom. The van der Waals surface area contributed by atoms with E-state index in [2.05, 4.69) is 15.1 Å². The number of hydrogen-bond donors (Lipinski definition) is 1. The van der Waals surface area contributed by atoms with Crippen LogP contribution >= 0.6 is 11.6 Å². The van der Waals surface area contributed by atoms with Crippen LogP contribution in [0.15, 0.2) is 18.2 Å². The van der Waals surface area contributed by atoms with Crippen molar-refractivity contribution in [3.05, 3.63) is 28.8 Å². The van der Waals surface area contributed by atoms with Gasteiger partial charge in [0, 0.05) is 45.4 Å². The van der Waals surface area contributed by atoms with Crippen LogP contribution in [-0.4, -0.2) is 63.8 Å². The van der Waals surface area contributed by atoms with Crippen molar-refractivity contribution in [3.8, 4) is 0 Å². The summed E-state index contributed by atoms with van der Waals surface area (Å²) in [4.78, 5) is 17.1. The van der Waals surface area contributed by atoms with Gasteiger partial charge in [-0.05, 0) is 49.9 Å². The molecule has 1 N–H and O–H groups in total. The van der Waals surface area contributed by atoms with Gasteiger partial charge in [-0.3, -0.25) is 4.79 Å². The number of nitrogens with zero attached hydrogens (tertiary/aromatic N) is 2. The van der Waals surface area contributed by atoms with Gasteiger partial charge in [0.25, 0.3) is 5.91 Å². The molecule has 0 saturated carbocycles. The topological polar surface area (TPSA) is 44.8 Å². The minimum Gasteiger partial charge on any atom is -0.383 e. The molecule has 25 heavy (non-hydrogen) atoms. The molecular formula is C19H28ClN3O2. The van der Waals surface area contributed by atoms with Gasteiger partial charge in [0.15, 0.2) is 0 Å². The quantitative estimate of drug-likeness (QED) is 0.806. The first-order valence-electron chi connectivity index (χ1n) is 9.21. The minimum absolute atomic E-state index is 0.0368. The standard InChI is InChI=1S/C19H28ClN3O2/c1-25-11-10-22-9-6-15(14-22)13-21-19(24)16-4-5-18(17(20)12-16)23-7-2-3-8-23/h4-5,12,15H,2-3,6-11,13-14H2,1H3,(H,21,24). The molecule has 5 nitrogen and oxygen atoms in total. The van der Waals surface area contributed by atoms with Gasteiger partial charge in [-0.2, -0.15) is 0 Å². The second kappa shape index (κ2) is 8.88. The van der Waals surface area contributed by atoms with Crippen molar-refractivity contribution in [2.75, 3.05) is 57.9 Å². The molecule has 1 aromatic carbocycles. The van der Waals surface area contributed by atoms with E-state index >= 15 is 0 Å². The van der Waals surface area contributed by atoms with Crippen LogP contribution in [0.3, 0.4) is 0 Å². The molecule has 2 aliphatic heterocycles. The number of amides is 1. The summed E-state index contributed by atoms with van der Waals surface area (Å²) in [6, 6.07) is 5.66. The molecular weight excluding hydrogens is 338 g/mol. The summed E-state index contributed by atoms with van der Waals surface area (Å²) >= 11 is 6.41. The van der Waals surface area contributed by atoms with Gasteiger partial charge < -0.3 is 19.9 Å². The van der Waals surface area contributed by atoms with Crippen molar-refractivity contribution in [2.24, 2.45) is 5.92 Å². The molecule has 1 unspecified atom stereocenters. The van der Waals surface area contributed by atoms with Crippen molar-refractivity contribution < 1.29 is 9.53 Å². The molecule has 6 heteroatoms. The predicted molar refractivity (Wildman–Crippen MR) is 102 cm³/mol. The van der Waals surface area contributed by atoms with E-state index < -0.39 is 0 Å². The molecule has 0 aromatic heterocycles. The van der Waals surface area contributed by atoms with E-state index in [4.69, 9.17) is 16.3 Å². The zero-order chi connectivity index (χ0) is 17.6. The fraction of sp³-hybridized carbons (Fsp3) is 0.632. The molecule has 0 radical (unpaired) electrons. The van der Waals surface area contributed by atoms with Gasteiger partial charge >= 0.3 is 0 Å². The monoisotopic (exact) mass is 365 g/mol. The highest BCUT2D eigenvalue weighted by molar-refractivity contribution is 6.33. The van der Waals surface area contributed by atoms with Gasteiger partial charge in [0.1, 0.15) is 0 Å². The Hall–Kier alpha value is -1.30. The average Bonchev–Trinajstić information content (AvgIpc) is 3.29. The first-order valence-corrected chi connectivity index (χ1v) is 9.59. The Morgan fingerprint density at radius 1 is 1.32 bits per heavy atom. The molecule has 138 valence electrons. The SMILES string of the molecule is COCCN1CCC(CNC(=O)c2ccc(N3CCCC3)c(Cl)c2)C1. The number of methoxy groups -OCH3 is 1. The van der Waals surface area contributed by atoms with E-state index in [0.717, 1.165) is 51.4 Å². The maximum atomic E-state index is 12.4. The number of halogens is 1. The lowest BCUT2D eigenvalue weighted by Gasteiger charge is -2.19. The zero-order valence-corrected chi connectivity index (χ0v) is 15.7. The van der Waals surface area contributed by atoms with Gasteiger partial charge in [0.2, 0.25) is 0 Å². The lowest BCUT2D eigenvalue weighted by molar-refractivity contribution is 0.0946. The van der Waals surface area contributed by atoms with Crippen molar-refractivity contribution >= 4 is 23.2 Å². The Morgan fingerprint density at radius 3 is 2.84 bits per heavy atom. The highest BCUT2D eigenvalue weighted by Crippen LogP contribution is 2.29. The first kappa shape index (κ1) is 18.5. The Kier molecular flexibility index (Phi) is 6.57. The van der Waals surface area contributed by atoms with Crippen LogP contribution in [-0.2, 0) is 4.74 Å². The van der Waals surface area contributed by atoms with E-state index in [1.807, 2.05) is 12.1 Å². The predicted octanol–water partition coefficient (Wildman–Crippen LogP) is 2.64. The van der Waals surface area contributed by atoms with Gasteiger partial charge in [-0.15, -0.1) is 0 Å². The van der Waals surface area contributed by atoms with Crippen LogP contribution in [0.5, 0.6) is 0 Å². The fourth-order valence-electron chi connectivity index (χ4n) is 3.70. The number of benzene rings is 1. The van der Waals surface area contributed by atoms with Crippen LogP contribution in [0.1, 0.15) is 29.6 Å². The largest absolute Gasteiger partial charge is 0.383 e. The summed E-state index contributed by atoms with van der Waals surface area (Å²) in [6.45, 7) is 6.65. The second-order valence-corrected chi connectivity index (χ2v) is 7.43. The average molecular weight is 366 g/mol. The molecule has 0 spiro atoms. The van der Waals surface area contributed by atoms with E-state index in [-0.39, 0.29) is 5.91 Å². The van der Waals surface area contributed by atoms with Gasteiger partial charge in [-0.25, -0.2) is 0 Å². The molecule has 2 aliphatic rings. The minimum atomic E-state index is -0.0368. The van der Waals surface area contributed by atoms with E-state index in [1.54, 1.807) is 13.2 Å². The Bertz CT molecular complexity index is 590. The van der Waals surface area contributed by atoms with E-state index in [1.165, 1.54) is 12.8 Å². The maximum absolute atomic E-state index is 12.4. The van der Waals surface area contributed by atoms with Crippen LogP contribution in [0.2, 0.25) is 5.02 Å². The maximum Gasteiger partial charge on any atom is 0.251 e. The molecule has 2 heterocycles. The summed E-state index contributed by atoms with van der Waals surface area (Å²) < 4.78 is 5.13. The first-order chi connectivity index (χ1) is 12.2. The number of carbonyl (C=O) groups is 1. The Balaban J connectivity index is 1.49. The van der Waals surface area contributed by atoms with Crippen LogP contribution in [0.25, 0.3) is 0 Å². The van der Waals surface area contributed by atoms with E-state index in [9.17, 15) is 4.79 Å². The second-order valence-electron chi connectivity index (χ2n) is 7.02. The van der Waals surface area contributed by atoms with Crippen LogP contribution < -0.4 is 10.2 Å². The lowest BCUT2D eigenvalue weighted by Crippen LogP contribution is -2.31. The molecule has 2 fully saturated rings. The molecule has 2 saturated heterocycles. The number of ether oxygens (including phenoxy) is 1. The third-order valence-electron chi connectivity index (χ3n) is 5.19. The van der Waals surface area contributed by atoms with Gasteiger partial charge in [0.05, 0.1) is 17.3 Å². The number of nitrogens with one attached hydrogen (secondary N) is 1. The van der Waals surface area contributed by atoms with Crippen LogP contribution in [0, 0.1) is 5.92 Å². The summed E-state index contributed by atoms with van der Waals surface area (Å²) in [7, 11) is 1.73. The van der Waals surface area contributed by atoms with Crippen molar-refractivity contribution in [1.29, 1.82) is 0 Å². The lowest BCUT2D eigenvalue weighted by atomic mass is 10.1. The number of likely N-dealkylation sites (tertiary alicyclic amines) is 1. The molecule has 1 atom stereocenters. The van der Waals surface area contributed by atoms with Gasteiger partial charge in [-0.1, -0.05) is 11.6 Å². The number of carbonyl (C=O) groups excluding carboxylic acids is 1. The summed E-state index contributed by atoms with van der Waals surface area (Å²) in [5.74, 6) is 0.477. The molecule has 0 bridgehead atoms. The highest BCUT2D eigenvalue weighted by Gasteiger charge is 2.23. The molecule has 1 amide bonds. The van der Waals surface area contributed by atoms with Crippen LogP contribution in [0.4, 0.5) is 5.69 Å². The summed E-state index contributed by atoms with van der Waals surface area (Å²) in [5, 5.41) is 3.73. The zero-order valence-electron chi connectivity index (χ0n) is 15.0. The van der Waals surface area contributed by atoms with Crippen molar-refractivity contribution in [3.63, 3.8) is 0 Å². The van der Waals surface area contributed by atoms with E-state index in [0.29, 0.717) is 23.0 Å². The fourth-order valence-corrected chi connectivity index (χ4v) is 4.00. The number of rotatable bonds is 7. The summed E-state index contributed by atoms with van der Waals surface area (Å²) in [5.41, 5.74) is 1.68. The third-order valence-corrected chi connectivity index (χ3v) is 5.49. The normalized spacial score (nSPS) is 21.0. The number of anilines is 1. The smallest absolute Gasteiger partial charge is 0.251 e. The molecule has 3 rings (SSSR count). The molecule has 1 aromatic rings. The number of hydrogen-bond acceptors (Lipinski definition) is 4. The van der Waals surface area contributed by atoms with Crippen molar-refractivity contribution in [2.45, 2.75) is 19.3 Å². The highest BCUT2D eigenvalue weighted by atomic mass is 35.5. The Labute approximate surface area is 155 Å². The molecule has 0 aliphatic carbocycles. The third kappa shape index (κ3) is 4.87. The summed E-state index contributed by atoms with van der Waals surface area (Å²) in [6.07, 6.45) is 3.54.